The Morgan fingerprint density at radius 1 is 1.00 bits per heavy atom. The lowest BCUT2D eigenvalue weighted by molar-refractivity contribution is -0.143. The number of aliphatic carboxylic acids is 1. The number of carboxylic acids is 1. The number of alkyl halides is 6. The lowest BCUT2D eigenvalue weighted by Crippen LogP contribution is -2.17. The highest BCUT2D eigenvalue weighted by atomic mass is 19.4. The van der Waals surface area contributed by atoms with Gasteiger partial charge >= 0.3 is 18.3 Å². The van der Waals surface area contributed by atoms with E-state index in [1.165, 1.54) is 0 Å². The van der Waals surface area contributed by atoms with Gasteiger partial charge < -0.3 is 14.4 Å². The molecule has 1 aliphatic rings. The molecule has 0 spiro atoms. The van der Waals surface area contributed by atoms with Gasteiger partial charge in [0.15, 0.2) is 0 Å². The van der Waals surface area contributed by atoms with E-state index >= 15 is 0 Å². The highest BCUT2D eigenvalue weighted by Gasteiger charge is 2.37. The summed E-state index contributed by atoms with van der Waals surface area (Å²) in [7, 11) is 0. The molecule has 0 radical (unpaired) electrons. The molecular weight excluding hydrogens is 452 g/mol. The van der Waals surface area contributed by atoms with Crippen LogP contribution in [-0.4, -0.2) is 15.6 Å². The maximum atomic E-state index is 13.0. The molecule has 1 unspecified atom stereocenters. The van der Waals surface area contributed by atoms with Crippen molar-refractivity contribution in [3.8, 4) is 5.75 Å². The maximum absolute atomic E-state index is 13.0. The Hall–Kier alpha value is -3.17. The molecule has 0 aliphatic carbocycles. The monoisotopic (exact) mass is 471 g/mol. The molecule has 0 saturated heterocycles. The third-order valence-electron chi connectivity index (χ3n) is 5.73. The van der Waals surface area contributed by atoms with E-state index in [4.69, 9.17) is 9.84 Å². The second kappa shape index (κ2) is 8.31. The molecule has 3 aromatic rings. The number of aryl methyl sites for hydroxylation is 1. The van der Waals surface area contributed by atoms with Crippen LogP contribution in [0.1, 0.15) is 47.6 Å². The minimum atomic E-state index is -4.92. The Bertz CT molecular complexity index is 1160. The third kappa shape index (κ3) is 4.94. The van der Waals surface area contributed by atoms with Gasteiger partial charge in [-0.25, -0.2) is 0 Å². The van der Waals surface area contributed by atoms with Crippen molar-refractivity contribution in [1.29, 1.82) is 0 Å². The number of carboxylic acid groups (broad SMARTS) is 1. The fraction of sp³-hybridized carbons (Fsp3) is 0.348. The van der Waals surface area contributed by atoms with E-state index in [1.54, 1.807) is 18.2 Å². The molecule has 1 N–H and O–H groups in total. The molecule has 2 aromatic carbocycles. The van der Waals surface area contributed by atoms with Crippen LogP contribution >= 0.6 is 0 Å². The van der Waals surface area contributed by atoms with Gasteiger partial charge in [0.2, 0.25) is 0 Å². The quantitative estimate of drug-likeness (QED) is 0.426. The number of halogens is 6. The van der Waals surface area contributed by atoms with Crippen molar-refractivity contribution in [2.45, 2.75) is 50.7 Å². The second-order valence-electron chi connectivity index (χ2n) is 8.08. The standard InChI is InChI=1S/C23H19F6NO3/c24-22(25,26)16-6-13(7-17(11-16)23(27,28)29)12-33-18-3-4-19-15(8-18)9-20-14(10-21(31)32)2-1-5-30(19)20/h3-4,6-9,11,14H,1-2,5,10,12H2,(H,31,32). The number of ether oxygens (including phenoxy) is 1. The summed E-state index contributed by atoms with van der Waals surface area (Å²) >= 11 is 0. The molecule has 2 heterocycles. The molecule has 33 heavy (non-hydrogen) atoms. The van der Waals surface area contributed by atoms with Crippen molar-refractivity contribution in [2.75, 3.05) is 0 Å². The van der Waals surface area contributed by atoms with Gasteiger partial charge in [-0.2, -0.15) is 26.3 Å². The molecule has 0 bridgehead atoms. The average molecular weight is 471 g/mol. The predicted molar refractivity (Wildman–Crippen MR) is 107 cm³/mol. The Kier molecular flexibility index (Phi) is 5.79. The Balaban J connectivity index is 1.60. The summed E-state index contributed by atoms with van der Waals surface area (Å²) in [4.78, 5) is 11.2. The van der Waals surface area contributed by atoms with E-state index in [1.807, 2.05) is 10.6 Å². The van der Waals surface area contributed by atoms with E-state index in [-0.39, 0.29) is 29.7 Å². The molecule has 10 heteroatoms. The summed E-state index contributed by atoms with van der Waals surface area (Å²) in [6.45, 7) is 0.257. The molecule has 4 rings (SSSR count). The topological polar surface area (TPSA) is 51.5 Å². The summed E-state index contributed by atoms with van der Waals surface area (Å²) in [5.74, 6) is -0.729. The van der Waals surface area contributed by atoms with E-state index in [2.05, 4.69) is 0 Å². The first-order chi connectivity index (χ1) is 15.4. The predicted octanol–water partition coefficient (Wildman–Crippen LogP) is 6.61. The van der Waals surface area contributed by atoms with Crippen LogP contribution in [0.25, 0.3) is 10.9 Å². The van der Waals surface area contributed by atoms with Crippen molar-refractivity contribution in [1.82, 2.24) is 4.57 Å². The SMILES string of the molecule is O=C(O)CC1CCCn2c1cc1cc(OCc3cc(C(F)(F)F)cc(C(F)(F)F)c3)ccc12. The molecule has 1 atom stereocenters. The summed E-state index contributed by atoms with van der Waals surface area (Å²) in [5, 5.41) is 9.92. The summed E-state index contributed by atoms with van der Waals surface area (Å²) < 4.78 is 85.9. The van der Waals surface area contributed by atoms with Gasteiger partial charge in [-0.05, 0) is 60.9 Å². The normalized spacial score (nSPS) is 16.6. The fourth-order valence-corrected chi connectivity index (χ4v) is 4.28. The highest BCUT2D eigenvalue weighted by molar-refractivity contribution is 5.83. The zero-order valence-electron chi connectivity index (χ0n) is 17.1. The van der Waals surface area contributed by atoms with Crippen LogP contribution < -0.4 is 4.74 Å². The number of benzene rings is 2. The fourth-order valence-electron chi connectivity index (χ4n) is 4.28. The number of rotatable bonds is 5. The van der Waals surface area contributed by atoms with Crippen molar-refractivity contribution in [3.63, 3.8) is 0 Å². The molecule has 0 saturated carbocycles. The van der Waals surface area contributed by atoms with E-state index in [0.29, 0.717) is 12.1 Å². The number of hydrogen-bond donors (Lipinski definition) is 1. The van der Waals surface area contributed by atoms with Gasteiger partial charge in [0, 0.05) is 29.1 Å². The lowest BCUT2D eigenvalue weighted by Gasteiger charge is -2.24. The van der Waals surface area contributed by atoms with Crippen LogP contribution in [-0.2, 0) is 30.3 Å². The molecule has 1 aliphatic heterocycles. The van der Waals surface area contributed by atoms with Crippen molar-refractivity contribution < 1.29 is 41.0 Å². The smallest absolute Gasteiger partial charge is 0.416 e. The minimum Gasteiger partial charge on any atom is -0.489 e. The second-order valence-corrected chi connectivity index (χ2v) is 8.08. The van der Waals surface area contributed by atoms with Crippen molar-refractivity contribution in [2.24, 2.45) is 0 Å². The average Bonchev–Trinajstić information content (AvgIpc) is 3.09. The molecule has 4 nitrogen and oxygen atoms in total. The van der Waals surface area contributed by atoms with Crippen molar-refractivity contribution >= 4 is 16.9 Å². The molecular formula is C23H19F6NO3. The van der Waals surface area contributed by atoms with E-state index < -0.39 is 36.1 Å². The van der Waals surface area contributed by atoms with Crippen LogP contribution in [0.4, 0.5) is 26.3 Å². The molecule has 0 amide bonds. The first kappa shape index (κ1) is 23.0. The Morgan fingerprint density at radius 3 is 2.27 bits per heavy atom. The largest absolute Gasteiger partial charge is 0.489 e. The summed E-state index contributed by atoms with van der Waals surface area (Å²) in [6, 6.07) is 8.22. The summed E-state index contributed by atoms with van der Waals surface area (Å²) in [6.07, 6.45) is -8.25. The summed E-state index contributed by atoms with van der Waals surface area (Å²) in [5.41, 5.74) is -1.28. The van der Waals surface area contributed by atoms with Gasteiger partial charge in [-0.3, -0.25) is 4.79 Å². The first-order valence-electron chi connectivity index (χ1n) is 10.2. The number of nitrogens with zero attached hydrogens (tertiary/aromatic N) is 1. The lowest BCUT2D eigenvalue weighted by atomic mass is 9.93. The third-order valence-corrected chi connectivity index (χ3v) is 5.73. The first-order valence-corrected chi connectivity index (χ1v) is 10.2. The molecule has 176 valence electrons. The van der Waals surface area contributed by atoms with Gasteiger partial charge in [0.05, 0.1) is 17.5 Å². The van der Waals surface area contributed by atoms with E-state index in [0.717, 1.165) is 36.0 Å². The van der Waals surface area contributed by atoms with E-state index in [9.17, 15) is 31.1 Å². The molecule has 1 aromatic heterocycles. The Labute approximate surface area is 184 Å². The zero-order chi connectivity index (χ0) is 24.0. The molecule has 0 fully saturated rings. The minimum absolute atomic E-state index is 0.0107. The van der Waals surface area contributed by atoms with Gasteiger partial charge in [-0.15, -0.1) is 0 Å². The zero-order valence-corrected chi connectivity index (χ0v) is 17.1. The van der Waals surface area contributed by atoms with Crippen LogP contribution in [0.3, 0.4) is 0 Å². The Morgan fingerprint density at radius 2 is 1.67 bits per heavy atom. The number of aromatic nitrogens is 1. The number of fused-ring (bicyclic) bond motifs is 3. The number of carbonyl (C=O) groups is 1. The van der Waals surface area contributed by atoms with Crippen LogP contribution in [0.15, 0.2) is 42.5 Å². The van der Waals surface area contributed by atoms with Crippen LogP contribution in [0, 0.1) is 0 Å². The number of hydrogen-bond acceptors (Lipinski definition) is 2. The van der Waals surface area contributed by atoms with Gasteiger partial charge in [0.25, 0.3) is 0 Å². The van der Waals surface area contributed by atoms with Crippen LogP contribution in [0.2, 0.25) is 0 Å². The van der Waals surface area contributed by atoms with Gasteiger partial charge in [-0.1, -0.05) is 0 Å². The van der Waals surface area contributed by atoms with Crippen LogP contribution in [0.5, 0.6) is 5.75 Å². The van der Waals surface area contributed by atoms with Crippen molar-refractivity contribution in [3.05, 3.63) is 64.8 Å². The van der Waals surface area contributed by atoms with Gasteiger partial charge in [0.1, 0.15) is 12.4 Å². The highest BCUT2D eigenvalue weighted by Crippen LogP contribution is 2.38. The maximum Gasteiger partial charge on any atom is 0.416 e.